The van der Waals surface area contributed by atoms with Crippen molar-refractivity contribution in [2.24, 2.45) is 0 Å². The van der Waals surface area contributed by atoms with Crippen LogP contribution in [0.4, 0.5) is 18.0 Å². The summed E-state index contributed by atoms with van der Waals surface area (Å²) in [6, 6.07) is 5.82. The Hall–Kier alpha value is -4.06. The molecule has 2 aliphatic heterocycles. The first-order chi connectivity index (χ1) is 19.0. The molecular formula is C28H31F3N4O5. The molecule has 1 fully saturated rings. The molecule has 0 spiro atoms. The summed E-state index contributed by atoms with van der Waals surface area (Å²) in [5.74, 6) is -0.666. The summed E-state index contributed by atoms with van der Waals surface area (Å²) in [4.78, 5) is 44.5. The van der Waals surface area contributed by atoms with E-state index in [0.717, 1.165) is 12.1 Å². The van der Waals surface area contributed by atoms with Crippen LogP contribution in [0.15, 0.2) is 71.0 Å². The number of hydrogen-bond acceptors (Lipinski definition) is 6. The fourth-order valence-corrected chi connectivity index (χ4v) is 4.99. The van der Waals surface area contributed by atoms with Gasteiger partial charge in [0.15, 0.2) is 5.76 Å². The van der Waals surface area contributed by atoms with E-state index in [1.807, 2.05) is 11.8 Å². The van der Waals surface area contributed by atoms with Crippen molar-refractivity contribution in [3.8, 4) is 0 Å². The van der Waals surface area contributed by atoms with E-state index >= 15 is 0 Å². The van der Waals surface area contributed by atoms with Crippen LogP contribution in [0, 0.1) is 0 Å². The summed E-state index contributed by atoms with van der Waals surface area (Å²) in [5, 5.41) is 2.75. The lowest BCUT2D eigenvalue weighted by atomic mass is 9.93. The number of alkyl halides is 3. The Morgan fingerprint density at radius 3 is 2.50 bits per heavy atom. The SMILES string of the molecule is C=CCN1C(=O)NC(c2ccc(C(F)(F)F)cc2)C(C(=O)OCC)=C1CN1CCN(C(=O)c2ccco2)C(C)C1. The molecule has 1 saturated heterocycles. The molecule has 2 unspecified atom stereocenters. The number of carbonyl (C=O) groups is 3. The Kier molecular flexibility index (Phi) is 8.67. The first-order valence-corrected chi connectivity index (χ1v) is 12.9. The third kappa shape index (κ3) is 6.06. The minimum atomic E-state index is -4.53. The fourth-order valence-electron chi connectivity index (χ4n) is 4.99. The standard InChI is InChI=1S/C28H31F3N4O5/c1-4-12-35-21(17-33-13-14-34(18(3)16-33)25(36)22-7-6-15-40-22)23(26(37)39-5-2)24(32-27(35)38)19-8-10-20(11-9-19)28(29,30)31/h4,6-11,15,18,24H,1,5,12-14,16-17H2,2-3H3,(H,32,38). The second-order valence-electron chi connectivity index (χ2n) is 9.54. The second kappa shape index (κ2) is 12.0. The first kappa shape index (κ1) is 28.9. The molecule has 0 bridgehead atoms. The van der Waals surface area contributed by atoms with E-state index in [4.69, 9.17) is 9.15 Å². The van der Waals surface area contributed by atoms with Gasteiger partial charge in [0.25, 0.3) is 5.91 Å². The van der Waals surface area contributed by atoms with Gasteiger partial charge in [-0.3, -0.25) is 14.6 Å². The zero-order valence-corrected chi connectivity index (χ0v) is 22.2. The maximum absolute atomic E-state index is 13.3. The molecule has 9 nitrogen and oxygen atoms in total. The molecule has 3 heterocycles. The monoisotopic (exact) mass is 560 g/mol. The quantitative estimate of drug-likeness (QED) is 0.384. The maximum atomic E-state index is 13.3. The molecule has 3 amide bonds. The van der Waals surface area contributed by atoms with Gasteiger partial charge >= 0.3 is 18.2 Å². The van der Waals surface area contributed by atoms with Crippen LogP contribution in [0.5, 0.6) is 0 Å². The normalized spacial score (nSPS) is 20.4. The van der Waals surface area contributed by atoms with Crippen molar-refractivity contribution in [3.05, 3.63) is 83.5 Å². The molecule has 1 aromatic heterocycles. The molecule has 2 atom stereocenters. The molecule has 1 N–H and O–H groups in total. The second-order valence-corrected chi connectivity index (χ2v) is 9.54. The third-order valence-corrected chi connectivity index (χ3v) is 6.89. The highest BCUT2D eigenvalue weighted by atomic mass is 19.4. The number of urea groups is 1. The molecule has 4 rings (SSSR count). The van der Waals surface area contributed by atoms with Crippen LogP contribution in [0.25, 0.3) is 0 Å². The Balaban J connectivity index is 1.68. The highest BCUT2D eigenvalue weighted by molar-refractivity contribution is 5.95. The lowest BCUT2D eigenvalue weighted by Gasteiger charge is -2.42. The molecule has 0 saturated carbocycles. The molecule has 40 heavy (non-hydrogen) atoms. The van der Waals surface area contributed by atoms with Gasteiger partial charge < -0.3 is 19.4 Å². The molecule has 2 aliphatic rings. The van der Waals surface area contributed by atoms with E-state index < -0.39 is 29.8 Å². The highest BCUT2D eigenvalue weighted by Gasteiger charge is 2.40. The van der Waals surface area contributed by atoms with E-state index in [0.29, 0.717) is 30.9 Å². The van der Waals surface area contributed by atoms with Gasteiger partial charge in [-0.15, -0.1) is 6.58 Å². The van der Waals surface area contributed by atoms with Crippen LogP contribution in [-0.2, 0) is 15.7 Å². The Morgan fingerprint density at radius 2 is 1.93 bits per heavy atom. The van der Waals surface area contributed by atoms with Crippen LogP contribution in [-0.4, -0.2) is 78.0 Å². The number of nitrogens with one attached hydrogen (secondary N) is 1. The van der Waals surface area contributed by atoms with Gasteiger partial charge in [-0.25, -0.2) is 9.59 Å². The number of amides is 3. The number of furan rings is 1. The Labute approximate surface area is 229 Å². The minimum Gasteiger partial charge on any atom is -0.463 e. The van der Waals surface area contributed by atoms with Gasteiger partial charge in [0.05, 0.1) is 30.0 Å². The van der Waals surface area contributed by atoms with Crippen molar-refractivity contribution in [1.82, 2.24) is 20.0 Å². The summed E-state index contributed by atoms with van der Waals surface area (Å²) in [6.45, 7) is 8.87. The molecule has 0 aliphatic carbocycles. The van der Waals surface area contributed by atoms with Crippen molar-refractivity contribution in [2.45, 2.75) is 32.1 Å². The molecule has 12 heteroatoms. The average molecular weight is 561 g/mol. The Morgan fingerprint density at radius 1 is 1.20 bits per heavy atom. The van der Waals surface area contributed by atoms with Gasteiger partial charge in [0, 0.05) is 44.5 Å². The molecule has 0 radical (unpaired) electrons. The van der Waals surface area contributed by atoms with Crippen molar-refractivity contribution < 1.29 is 36.7 Å². The number of benzene rings is 1. The minimum absolute atomic E-state index is 0.0648. The highest BCUT2D eigenvalue weighted by Crippen LogP contribution is 2.35. The van der Waals surface area contributed by atoms with Crippen molar-refractivity contribution >= 4 is 17.9 Å². The Bertz CT molecular complexity index is 1270. The third-order valence-electron chi connectivity index (χ3n) is 6.89. The maximum Gasteiger partial charge on any atom is 0.416 e. The van der Waals surface area contributed by atoms with Crippen molar-refractivity contribution in [3.63, 3.8) is 0 Å². The number of piperazine rings is 1. The number of halogens is 3. The number of nitrogens with zero attached hydrogens (tertiary/aromatic N) is 3. The molecule has 1 aromatic carbocycles. The number of rotatable bonds is 8. The van der Waals surface area contributed by atoms with E-state index in [9.17, 15) is 27.6 Å². The zero-order chi connectivity index (χ0) is 29.0. The average Bonchev–Trinajstić information content (AvgIpc) is 3.45. The van der Waals surface area contributed by atoms with E-state index in [2.05, 4.69) is 11.9 Å². The number of carbonyl (C=O) groups excluding carboxylic acids is 3. The first-order valence-electron chi connectivity index (χ1n) is 12.9. The number of esters is 1. The number of hydrogen-bond donors (Lipinski definition) is 1. The molecular weight excluding hydrogens is 529 g/mol. The zero-order valence-electron chi connectivity index (χ0n) is 22.2. The van der Waals surface area contributed by atoms with Gasteiger partial charge in [0.2, 0.25) is 0 Å². The molecule has 214 valence electrons. The van der Waals surface area contributed by atoms with Gasteiger partial charge in [-0.1, -0.05) is 18.2 Å². The van der Waals surface area contributed by atoms with Crippen LogP contribution in [0.3, 0.4) is 0 Å². The summed E-state index contributed by atoms with van der Waals surface area (Å²) in [5.41, 5.74) is -0.0401. The fraction of sp³-hybridized carbons (Fsp3) is 0.393. The lowest BCUT2D eigenvalue weighted by Crippen LogP contribution is -2.56. The van der Waals surface area contributed by atoms with E-state index in [1.165, 1.54) is 29.4 Å². The predicted octanol–water partition coefficient (Wildman–Crippen LogP) is 4.21. The summed E-state index contributed by atoms with van der Waals surface area (Å²) in [6.07, 6.45) is -1.58. The summed E-state index contributed by atoms with van der Waals surface area (Å²) >= 11 is 0. The van der Waals surface area contributed by atoms with Gasteiger partial charge in [-0.2, -0.15) is 13.2 Å². The predicted molar refractivity (Wildman–Crippen MR) is 139 cm³/mol. The van der Waals surface area contributed by atoms with Crippen LogP contribution in [0.2, 0.25) is 0 Å². The van der Waals surface area contributed by atoms with Crippen LogP contribution in [0.1, 0.15) is 41.6 Å². The van der Waals surface area contributed by atoms with Crippen molar-refractivity contribution in [2.75, 3.05) is 39.3 Å². The van der Waals surface area contributed by atoms with Crippen LogP contribution >= 0.6 is 0 Å². The summed E-state index contributed by atoms with van der Waals surface area (Å²) < 4.78 is 50.1. The van der Waals surface area contributed by atoms with E-state index in [1.54, 1.807) is 24.0 Å². The molecule has 2 aromatic rings. The lowest BCUT2D eigenvalue weighted by molar-refractivity contribution is -0.139. The van der Waals surface area contributed by atoms with E-state index in [-0.39, 0.29) is 43.0 Å². The van der Waals surface area contributed by atoms with Gasteiger partial charge in [-0.05, 0) is 43.7 Å². The van der Waals surface area contributed by atoms with Crippen molar-refractivity contribution in [1.29, 1.82) is 0 Å². The van der Waals surface area contributed by atoms with Crippen LogP contribution < -0.4 is 5.32 Å². The summed E-state index contributed by atoms with van der Waals surface area (Å²) in [7, 11) is 0. The topological polar surface area (TPSA) is 95.3 Å². The smallest absolute Gasteiger partial charge is 0.416 e. The largest absolute Gasteiger partial charge is 0.463 e. The number of ether oxygens (including phenoxy) is 1. The van der Waals surface area contributed by atoms with Gasteiger partial charge in [0.1, 0.15) is 0 Å².